The average Bonchev–Trinajstić information content (AvgIpc) is 2.97. The number of ether oxygens (including phenoxy) is 2. The zero-order valence-corrected chi connectivity index (χ0v) is 25.1. The number of amides is 4. The number of carbonyl (C=O) groups excluding carboxylic acids is 3. The van der Waals surface area contributed by atoms with E-state index in [0.29, 0.717) is 46.1 Å². The fourth-order valence-corrected chi connectivity index (χ4v) is 5.33. The van der Waals surface area contributed by atoms with Gasteiger partial charge in [-0.1, -0.05) is 66.7 Å². The summed E-state index contributed by atoms with van der Waals surface area (Å²) in [5.41, 5.74) is 3.62. The van der Waals surface area contributed by atoms with E-state index >= 15 is 0 Å². The lowest BCUT2D eigenvalue weighted by Gasteiger charge is -2.35. The third kappa shape index (κ3) is 5.71. The van der Waals surface area contributed by atoms with Crippen LogP contribution in [0.15, 0.2) is 101 Å². The van der Waals surface area contributed by atoms with Crippen LogP contribution in [0.25, 0.3) is 6.08 Å². The van der Waals surface area contributed by atoms with Gasteiger partial charge in [0.25, 0.3) is 11.8 Å². The third-order valence-corrected chi connectivity index (χ3v) is 7.42. The van der Waals surface area contributed by atoms with Gasteiger partial charge in [0.2, 0.25) is 0 Å². The summed E-state index contributed by atoms with van der Waals surface area (Å²) >= 11 is 3.58. The van der Waals surface area contributed by atoms with Crippen LogP contribution in [0.3, 0.4) is 0 Å². The van der Waals surface area contributed by atoms with E-state index in [-0.39, 0.29) is 5.57 Å². The van der Waals surface area contributed by atoms with Crippen molar-refractivity contribution in [3.05, 3.63) is 123 Å². The molecule has 0 radical (unpaired) electrons. The molecule has 0 aromatic heterocycles. The maximum absolute atomic E-state index is 13.9. The Kier molecular flexibility index (Phi) is 8.54. The van der Waals surface area contributed by atoms with Crippen molar-refractivity contribution in [2.24, 2.45) is 0 Å². The van der Waals surface area contributed by atoms with Crippen LogP contribution in [0, 0.1) is 13.8 Å². The molecule has 5 rings (SSSR count). The summed E-state index contributed by atoms with van der Waals surface area (Å²) in [6, 6.07) is 26.7. The Morgan fingerprint density at radius 3 is 1.83 bits per heavy atom. The minimum absolute atomic E-state index is 0.159. The molecule has 0 spiro atoms. The van der Waals surface area contributed by atoms with Crippen LogP contribution in [0.2, 0.25) is 0 Å². The first kappa shape index (κ1) is 28.8. The van der Waals surface area contributed by atoms with Crippen LogP contribution in [-0.4, -0.2) is 24.5 Å². The highest BCUT2D eigenvalue weighted by Crippen LogP contribution is 2.39. The summed E-state index contributed by atoms with van der Waals surface area (Å²) in [6.07, 6.45) is 1.49. The smallest absolute Gasteiger partial charge is 0.343 e. The lowest BCUT2D eigenvalue weighted by molar-refractivity contribution is -0.121. The fraction of sp³-hybridized carbons (Fsp3) is 0.147. The van der Waals surface area contributed by atoms with E-state index in [1.54, 1.807) is 36.4 Å². The Hall–Kier alpha value is -4.69. The van der Waals surface area contributed by atoms with Crippen molar-refractivity contribution in [2.45, 2.75) is 27.4 Å². The number of rotatable bonds is 8. The molecule has 0 unspecified atom stereocenters. The first-order valence-electron chi connectivity index (χ1n) is 13.5. The number of halogens is 1. The largest absolute Gasteiger partial charge is 0.490 e. The predicted octanol–water partition coefficient (Wildman–Crippen LogP) is 7.63. The Labute approximate surface area is 253 Å². The van der Waals surface area contributed by atoms with Gasteiger partial charge in [0.05, 0.1) is 22.5 Å². The molecule has 4 aromatic rings. The molecule has 0 aliphatic carbocycles. The van der Waals surface area contributed by atoms with Gasteiger partial charge in [-0.15, -0.1) is 0 Å². The van der Waals surface area contributed by atoms with E-state index in [4.69, 9.17) is 9.47 Å². The van der Waals surface area contributed by atoms with Gasteiger partial charge in [-0.05, 0) is 89.3 Å². The summed E-state index contributed by atoms with van der Waals surface area (Å²) in [7, 11) is 0. The maximum atomic E-state index is 13.9. The molecule has 4 amide bonds. The van der Waals surface area contributed by atoms with E-state index in [2.05, 4.69) is 15.9 Å². The van der Waals surface area contributed by atoms with E-state index in [1.165, 1.54) is 6.08 Å². The summed E-state index contributed by atoms with van der Waals surface area (Å²) in [4.78, 5) is 43.8. The molecule has 212 valence electrons. The van der Waals surface area contributed by atoms with Crippen molar-refractivity contribution in [1.82, 2.24) is 0 Å². The molecule has 0 bridgehead atoms. The molecule has 7 nitrogen and oxygen atoms in total. The average molecular weight is 626 g/mol. The quantitative estimate of drug-likeness (QED) is 0.149. The molecular formula is C34H29BrN2O5. The van der Waals surface area contributed by atoms with Gasteiger partial charge in [-0.3, -0.25) is 9.59 Å². The van der Waals surface area contributed by atoms with Crippen LogP contribution in [-0.2, 0) is 16.2 Å². The number of urea groups is 1. The number of anilines is 2. The predicted molar refractivity (Wildman–Crippen MR) is 167 cm³/mol. The van der Waals surface area contributed by atoms with Gasteiger partial charge < -0.3 is 9.47 Å². The first-order valence-corrected chi connectivity index (χ1v) is 14.3. The topological polar surface area (TPSA) is 76.2 Å². The standard InChI is InChI=1S/C34H29BrN2O5/c1-4-41-30-20-25(19-27(35)31(30)42-21-24-14-6-5-7-15-24)18-26-32(38)36(28-16-10-8-12-22(28)2)34(40)37(33(26)39)29-17-11-9-13-23(29)3/h5-20H,4,21H2,1-3H3. The second-order valence-corrected chi connectivity index (χ2v) is 10.6. The van der Waals surface area contributed by atoms with Gasteiger partial charge in [0.15, 0.2) is 11.5 Å². The lowest BCUT2D eigenvalue weighted by Crippen LogP contribution is -2.57. The van der Waals surface area contributed by atoms with Gasteiger partial charge >= 0.3 is 6.03 Å². The second kappa shape index (κ2) is 12.4. The number of aryl methyl sites for hydroxylation is 2. The Morgan fingerprint density at radius 2 is 1.29 bits per heavy atom. The maximum Gasteiger partial charge on any atom is 0.343 e. The summed E-state index contributed by atoms with van der Waals surface area (Å²) < 4.78 is 12.6. The van der Waals surface area contributed by atoms with Crippen molar-refractivity contribution in [1.29, 1.82) is 0 Å². The molecule has 42 heavy (non-hydrogen) atoms. The van der Waals surface area contributed by atoms with E-state index in [9.17, 15) is 14.4 Å². The van der Waals surface area contributed by atoms with Crippen molar-refractivity contribution in [2.75, 3.05) is 16.4 Å². The Balaban J connectivity index is 1.60. The molecule has 8 heteroatoms. The molecule has 4 aromatic carbocycles. The minimum Gasteiger partial charge on any atom is -0.490 e. The number of nitrogens with zero attached hydrogens (tertiary/aromatic N) is 2. The zero-order chi connectivity index (χ0) is 29.8. The summed E-state index contributed by atoms with van der Waals surface area (Å²) in [6.45, 7) is 6.19. The fourth-order valence-electron chi connectivity index (χ4n) is 4.75. The van der Waals surface area contributed by atoms with Crippen molar-refractivity contribution < 1.29 is 23.9 Å². The first-order chi connectivity index (χ1) is 20.3. The van der Waals surface area contributed by atoms with Crippen LogP contribution in [0.4, 0.5) is 16.2 Å². The lowest BCUT2D eigenvalue weighted by atomic mass is 10.0. The minimum atomic E-state index is -0.730. The number of benzene rings is 4. The van der Waals surface area contributed by atoms with Crippen LogP contribution in [0.5, 0.6) is 11.5 Å². The molecule has 1 heterocycles. The summed E-state index contributed by atoms with van der Waals surface area (Å²) in [5.74, 6) is -0.458. The van der Waals surface area contributed by atoms with E-state index in [0.717, 1.165) is 26.5 Å². The molecule has 0 saturated carbocycles. The molecule has 1 saturated heterocycles. The molecule has 1 aliphatic rings. The van der Waals surface area contributed by atoms with Gasteiger partial charge in [0, 0.05) is 0 Å². The SMILES string of the molecule is CCOc1cc(C=C2C(=O)N(c3ccccc3C)C(=O)N(c3ccccc3C)C2=O)cc(Br)c1OCc1ccccc1. The van der Waals surface area contributed by atoms with Crippen molar-refractivity contribution in [3.63, 3.8) is 0 Å². The monoisotopic (exact) mass is 624 g/mol. The molecule has 0 atom stereocenters. The molecule has 0 N–H and O–H groups in total. The highest BCUT2D eigenvalue weighted by atomic mass is 79.9. The van der Waals surface area contributed by atoms with Crippen LogP contribution in [0.1, 0.15) is 29.2 Å². The van der Waals surface area contributed by atoms with Gasteiger partial charge in [0.1, 0.15) is 12.2 Å². The Morgan fingerprint density at radius 1 is 0.738 bits per heavy atom. The molecular weight excluding hydrogens is 596 g/mol. The molecule has 1 fully saturated rings. The Bertz CT molecular complexity index is 1630. The second-order valence-electron chi connectivity index (χ2n) is 9.73. The van der Waals surface area contributed by atoms with Crippen LogP contribution < -0.4 is 19.3 Å². The summed E-state index contributed by atoms with van der Waals surface area (Å²) in [5, 5.41) is 0. The number of hydrogen-bond acceptors (Lipinski definition) is 5. The molecule has 1 aliphatic heterocycles. The number of barbiturate groups is 1. The highest BCUT2D eigenvalue weighted by molar-refractivity contribution is 9.10. The third-order valence-electron chi connectivity index (χ3n) is 6.83. The van der Waals surface area contributed by atoms with Gasteiger partial charge in [-0.25, -0.2) is 14.6 Å². The zero-order valence-electron chi connectivity index (χ0n) is 23.5. The highest BCUT2D eigenvalue weighted by Gasteiger charge is 2.44. The van der Waals surface area contributed by atoms with E-state index < -0.39 is 17.8 Å². The van der Waals surface area contributed by atoms with E-state index in [1.807, 2.05) is 75.4 Å². The number of imide groups is 2. The number of hydrogen-bond donors (Lipinski definition) is 0. The van der Waals surface area contributed by atoms with Gasteiger partial charge in [-0.2, -0.15) is 0 Å². The van der Waals surface area contributed by atoms with Crippen LogP contribution >= 0.6 is 15.9 Å². The van der Waals surface area contributed by atoms with Crippen molar-refractivity contribution in [3.8, 4) is 11.5 Å². The number of carbonyl (C=O) groups is 3. The van der Waals surface area contributed by atoms with Crippen molar-refractivity contribution >= 4 is 51.2 Å². The number of para-hydroxylation sites is 2. The normalized spacial score (nSPS) is 13.4.